The Balaban J connectivity index is 1.51. The quantitative estimate of drug-likeness (QED) is 0.792. The Morgan fingerprint density at radius 1 is 1.12 bits per heavy atom. The van der Waals surface area contributed by atoms with Crippen molar-refractivity contribution in [3.63, 3.8) is 0 Å². The molecule has 1 saturated heterocycles. The number of nitrogens with two attached hydrogens (primary N) is 1. The molecule has 1 heterocycles. The first-order valence-electron chi connectivity index (χ1n) is 7.27. The third-order valence-corrected chi connectivity index (χ3v) is 5.31. The van der Waals surface area contributed by atoms with Gasteiger partial charge in [0.2, 0.25) is 0 Å². The topological polar surface area (TPSA) is 29.3 Å². The van der Waals surface area contributed by atoms with Gasteiger partial charge in [-0.3, -0.25) is 0 Å². The van der Waals surface area contributed by atoms with E-state index in [0.29, 0.717) is 0 Å². The van der Waals surface area contributed by atoms with Crippen LogP contribution >= 0.6 is 0 Å². The molecule has 2 heteroatoms. The fraction of sp³-hybridized carbons (Fsp3) is 1.00. The lowest BCUT2D eigenvalue weighted by molar-refractivity contribution is 0.134. The van der Waals surface area contributed by atoms with Crippen LogP contribution in [-0.4, -0.2) is 31.1 Å². The fourth-order valence-electron chi connectivity index (χ4n) is 4.44. The standard InChI is InChI=1S/C14H26N2/c15-8-12-2-1-5-16(9-12)10-14-7-11-3-4-13(14)6-11/h11-14H,1-10,15H2. The molecule has 92 valence electrons. The van der Waals surface area contributed by atoms with Gasteiger partial charge in [-0.2, -0.15) is 0 Å². The Morgan fingerprint density at radius 2 is 2.06 bits per heavy atom. The molecule has 3 rings (SSSR count). The van der Waals surface area contributed by atoms with Gasteiger partial charge in [0.05, 0.1) is 0 Å². The van der Waals surface area contributed by atoms with Gasteiger partial charge < -0.3 is 10.6 Å². The van der Waals surface area contributed by atoms with Gasteiger partial charge in [-0.25, -0.2) is 0 Å². The van der Waals surface area contributed by atoms with Crippen molar-refractivity contribution >= 4 is 0 Å². The Hall–Kier alpha value is -0.0800. The average Bonchev–Trinajstić information content (AvgIpc) is 2.91. The van der Waals surface area contributed by atoms with E-state index in [-0.39, 0.29) is 0 Å². The maximum atomic E-state index is 5.81. The predicted molar refractivity (Wildman–Crippen MR) is 67.2 cm³/mol. The second-order valence-electron chi connectivity index (χ2n) is 6.44. The molecular formula is C14H26N2. The van der Waals surface area contributed by atoms with Gasteiger partial charge in [0.15, 0.2) is 0 Å². The number of piperidine rings is 1. The molecule has 1 aliphatic heterocycles. The van der Waals surface area contributed by atoms with Gasteiger partial charge in [-0.05, 0) is 68.9 Å². The second-order valence-corrected chi connectivity index (χ2v) is 6.44. The fourth-order valence-corrected chi connectivity index (χ4v) is 4.44. The molecule has 2 N–H and O–H groups in total. The summed E-state index contributed by atoms with van der Waals surface area (Å²) in [5.41, 5.74) is 5.81. The summed E-state index contributed by atoms with van der Waals surface area (Å²) >= 11 is 0. The van der Waals surface area contributed by atoms with Crippen LogP contribution in [0.1, 0.15) is 38.5 Å². The summed E-state index contributed by atoms with van der Waals surface area (Å²) in [5.74, 6) is 4.01. The van der Waals surface area contributed by atoms with E-state index in [1.165, 1.54) is 51.7 Å². The first-order valence-corrected chi connectivity index (χ1v) is 7.27. The maximum Gasteiger partial charge on any atom is 0.00218 e. The highest BCUT2D eigenvalue weighted by Crippen LogP contribution is 2.48. The van der Waals surface area contributed by atoms with Crippen LogP contribution < -0.4 is 5.73 Å². The maximum absolute atomic E-state index is 5.81. The molecule has 3 aliphatic rings. The molecule has 0 aromatic rings. The lowest BCUT2D eigenvalue weighted by Gasteiger charge is -2.35. The van der Waals surface area contributed by atoms with Crippen LogP contribution in [0.2, 0.25) is 0 Å². The number of rotatable bonds is 3. The summed E-state index contributed by atoms with van der Waals surface area (Å²) in [6.45, 7) is 4.90. The largest absolute Gasteiger partial charge is 0.330 e. The van der Waals surface area contributed by atoms with E-state index < -0.39 is 0 Å². The highest BCUT2D eigenvalue weighted by Gasteiger charge is 2.40. The first kappa shape index (κ1) is 11.0. The summed E-state index contributed by atoms with van der Waals surface area (Å²) in [5, 5.41) is 0. The smallest absolute Gasteiger partial charge is 0.00218 e. The van der Waals surface area contributed by atoms with Crippen molar-refractivity contribution in [1.82, 2.24) is 4.90 Å². The van der Waals surface area contributed by atoms with Crippen molar-refractivity contribution in [1.29, 1.82) is 0 Å². The Bertz CT molecular complexity index is 241. The van der Waals surface area contributed by atoms with E-state index in [4.69, 9.17) is 5.73 Å². The zero-order valence-electron chi connectivity index (χ0n) is 10.4. The van der Waals surface area contributed by atoms with Crippen LogP contribution in [0.5, 0.6) is 0 Å². The number of hydrogen-bond donors (Lipinski definition) is 1. The van der Waals surface area contributed by atoms with Crippen molar-refractivity contribution in [3.8, 4) is 0 Å². The average molecular weight is 222 g/mol. The third-order valence-electron chi connectivity index (χ3n) is 5.31. The van der Waals surface area contributed by atoms with Crippen LogP contribution in [0.15, 0.2) is 0 Å². The molecule has 3 fully saturated rings. The van der Waals surface area contributed by atoms with Crippen LogP contribution in [-0.2, 0) is 0 Å². The molecule has 0 aromatic heterocycles. The third kappa shape index (κ3) is 2.14. The molecule has 2 nitrogen and oxygen atoms in total. The van der Waals surface area contributed by atoms with Gasteiger partial charge in [-0.15, -0.1) is 0 Å². The molecule has 0 amide bonds. The van der Waals surface area contributed by atoms with E-state index in [0.717, 1.165) is 30.2 Å². The highest BCUT2D eigenvalue weighted by molar-refractivity contribution is 4.91. The van der Waals surface area contributed by atoms with Gasteiger partial charge >= 0.3 is 0 Å². The van der Waals surface area contributed by atoms with Crippen molar-refractivity contribution in [3.05, 3.63) is 0 Å². The van der Waals surface area contributed by atoms with Crippen LogP contribution in [0, 0.1) is 23.7 Å². The summed E-state index contributed by atoms with van der Waals surface area (Å²) in [6, 6.07) is 0. The molecule has 0 aromatic carbocycles. The summed E-state index contributed by atoms with van der Waals surface area (Å²) in [4.78, 5) is 2.71. The zero-order valence-corrected chi connectivity index (χ0v) is 10.4. The number of fused-ring (bicyclic) bond motifs is 2. The Morgan fingerprint density at radius 3 is 2.75 bits per heavy atom. The first-order chi connectivity index (χ1) is 7.85. The summed E-state index contributed by atoms with van der Waals surface area (Å²) < 4.78 is 0. The van der Waals surface area contributed by atoms with Crippen molar-refractivity contribution < 1.29 is 0 Å². The van der Waals surface area contributed by atoms with Gasteiger partial charge in [0.25, 0.3) is 0 Å². The van der Waals surface area contributed by atoms with Crippen LogP contribution in [0.25, 0.3) is 0 Å². The lowest BCUT2D eigenvalue weighted by atomic mass is 9.87. The van der Waals surface area contributed by atoms with Crippen molar-refractivity contribution in [2.45, 2.75) is 38.5 Å². The van der Waals surface area contributed by atoms with E-state index in [2.05, 4.69) is 4.90 Å². The molecule has 2 bridgehead atoms. The molecular weight excluding hydrogens is 196 g/mol. The molecule has 0 spiro atoms. The zero-order chi connectivity index (χ0) is 11.0. The minimum absolute atomic E-state index is 0.785. The normalized spacial score (nSPS) is 44.1. The number of hydrogen-bond acceptors (Lipinski definition) is 2. The van der Waals surface area contributed by atoms with E-state index in [1.54, 1.807) is 6.42 Å². The van der Waals surface area contributed by atoms with Crippen molar-refractivity contribution in [2.75, 3.05) is 26.2 Å². The van der Waals surface area contributed by atoms with E-state index in [1.807, 2.05) is 0 Å². The summed E-state index contributed by atoms with van der Waals surface area (Å²) in [7, 11) is 0. The predicted octanol–water partition coefficient (Wildman–Crippen LogP) is 2.09. The molecule has 2 aliphatic carbocycles. The van der Waals surface area contributed by atoms with Crippen LogP contribution in [0.4, 0.5) is 0 Å². The van der Waals surface area contributed by atoms with E-state index in [9.17, 15) is 0 Å². The highest BCUT2D eigenvalue weighted by atomic mass is 15.1. The molecule has 4 atom stereocenters. The van der Waals surface area contributed by atoms with Crippen molar-refractivity contribution in [2.24, 2.45) is 29.4 Å². The number of nitrogens with zero attached hydrogens (tertiary/aromatic N) is 1. The summed E-state index contributed by atoms with van der Waals surface area (Å²) in [6.07, 6.45) is 8.90. The molecule has 4 unspecified atom stereocenters. The number of likely N-dealkylation sites (tertiary alicyclic amines) is 1. The van der Waals surface area contributed by atoms with Gasteiger partial charge in [0.1, 0.15) is 0 Å². The lowest BCUT2D eigenvalue weighted by Crippen LogP contribution is -2.41. The minimum Gasteiger partial charge on any atom is -0.330 e. The molecule has 0 radical (unpaired) electrons. The van der Waals surface area contributed by atoms with Crippen LogP contribution in [0.3, 0.4) is 0 Å². The monoisotopic (exact) mass is 222 g/mol. The molecule has 2 saturated carbocycles. The second kappa shape index (κ2) is 4.66. The van der Waals surface area contributed by atoms with E-state index >= 15 is 0 Å². The SMILES string of the molecule is NCC1CCCN(CC2CC3CCC2C3)C1. The Labute approximate surface area is 99.6 Å². The van der Waals surface area contributed by atoms with Gasteiger partial charge in [-0.1, -0.05) is 6.42 Å². The molecule has 16 heavy (non-hydrogen) atoms. The minimum atomic E-state index is 0.785. The Kier molecular flexibility index (Phi) is 3.21. The van der Waals surface area contributed by atoms with Gasteiger partial charge in [0, 0.05) is 13.1 Å².